The summed E-state index contributed by atoms with van der Waals surface area (Å²) in [5.74, 6) is 1.50. The third-order valence-corrected chi connectivity index (χ3v) is 5.83. The SMILES string of the molecule is CC(CC(=O)NCCCCN1CCCCC1C)C1CCNCC1.Cl.Cl. The third kappa shape index (κ3) is 9.46. The minimum atomic E-state index is 0. The highest BCUT2D eigenvalue weighted by molar-refractivity contribution is 5.85. The molecular weight excluding hydrogens is 357 g/mol. The number of nitrogens with one attached hydrogen (secondary N) is 2. The predicted octanol–water partition coefficient (Wildman–Crippen LogP) is 3.63. The molecule has 2 fully saturated rings. The van der Waals surface area contributed by atoms with E-state index in [1.165, 1.54) is 51.6 Å². The van der Waals surface area contributed by atoms with Crippen molar-refractivity contribution in [1.82, 2.24) is 15.5 Å². The molecule has 1 amide bonds. The number of carbonyl (C=O) groups excluding carboxylic acids is 1. The summed E-state index contributed by atoms with van der Waals surface area (Å²) in [4.78, 5) is 14.7. The van der Waals surface area contributed by atoms with Crippen molar-refractivity contribution in [2.45, 2.75) is 71.3 Å². The summed E-state index contributed by atoms with van der Waals surface area (Å²) in [6.07, 6.45) is 9.56. The number of unbranched alkanes of at least 4 members (excludes halogenated alkanes) is 1. The van der Waals surface area contributed by atoms with Crippen LogP contribution in [0, 0.1) is 11.8 Å². The van der Waals surface area contributed by atoms with Crippen molar-refractivity contribution in [3.63, 3.8) is 0 Å². The lowest BCUT2D eigenvalue weighted by molar-refractivity contribution is -0.122. The Labute approximate surface area is 167 Å². The molecule has 0 aromatic rings. The zero-order valence-corrected chi connectivity index (χ0v) is 17.7. The Hall–Kier alpha value is -0.0300. The number of rotatable bonds is 8. The van der Waals surface area contributed by atoms with Crippen LogP contribution in [0.1, 0.15) is 65.2 Å². The second kappa shape index (κ2) is 14.1. The zero-order valence-electron chi connectivity index (χ0n) is 16.1. The molecule has 0 bridgehead atoms. The van der Waals surface area contributed by atoms with Crippen molar-refractivity contribution in [1.29, 1.82) is 0 Å². The highest BCUT2D eigenvalue weighted by atomic mass is 35.5. The molecule has 0 aromatic carbocycles. The number of nitrogens with zero attached hydrogens (tertiary/aromatic N) is 1. The van der Waals surface area contributed by atoms with Gasteiger partial charge in [0.25, 0.3) is 0 Å². The van der Waals surface area contributed by atoms with Gasteiger partial charge in [-0.3, -0.25) is 4.79 Å². The Balaban J connectivity index is 0.00000288. The quantitative estimate of drug-likeness (QED) is 0.616. The number of likely N-dealkylation sites (tertiary alicyclic amines) is 1. The summed E-state index contributed by atoms with van der Waals surface area (Å²) >= 11 is 0. The highest BCUT2D eigenvalue weighted by Gasteiger charge is 2.22. The van der Waals surface area contributed by atoms with E-state index >= 15 is 0 Å². The van der Waals surface area contributed by atoms with Crippen molar-refractivity contribution in [2.24, 2.45) is 11.8 Å². The standard InChI is InChI=1S/C19H37N3O.2ClH/c1-16(18-8-11-20-12-9-18)15-19(23)21-10-4-6-14-22-13-5-3-7-17(22)2;;/h16-18,20H,3-15H2,1-2H3,(H,21,23);2*1H. The molecule has 4 nitrogen and oxygen atoms in total. The van der Waals surface area contributed by atoms with Crippen molar-refractivity contribution < 1.29 is 4.79 Å². The van der Waals surface area contributed by atoms with Crippen molar-refractivity contribution in [2.75, 3.05) is 32.7 Å². The number of halogens is 2. The molecule has 2 heterocycles. The van der Waals surface area contributed by atoms with E-state index < -0.39 is 0 Å². The Morgan fingerprint density at radius 3 is 2.56 bits per heavy atom. The fraction of sp³-hybridized carbons (Fsp3) is 0.947. The van der Waals surface area contributed by atoms with Crippen LogP contribution in [-0.4, -0.2) is 49.6 Å². The molecule has 2 saturated heterocycles. The topological polar surface area (TPSA) is 44.4 Å². The molecular formula is C19H39Cl2N3O. The lowest BCUT2D eigenvalue weighted by atomic mass is 9.84. The predicted molar refractivity (Wildman–Crippen MR) is 111 cm³/mol. The summed E-state index contributed by atoms with van der Waals surface area (Å²) in [5.41, 5.74) is 0. The fourth-order valence-corrected chi connectivity index (χ4v) is 4.10. The maximum Gasteiger partial charge on any atom is 0.220 e. The number of piperidine rings is 2. The molecule has 2 N–H and O–H groups in total. The van der Waals surface area contributed by atoms with Crippen LogP contribution >= 0.6 is 24.8 Å². The van der Waals surface area contributed by atoms with Crippen LogP contribution in [0.4, 0.5) is 0 Å². The third-order valence-electron chi connectivity index (χ3n) is 5.83. The second-order valence-corrected chi connectivity index (χ2v) is 7.71. The molecule has 0 saturated carbocycles. The van der Waals surface area contributed by atoms with Crippen LogP contribution < -0.4 is 10.6 Å². The summed E-state index contributed by atoms with van der Waals surface area (Å²) in [7, 11) is 0. The van der Waals surface area contributed by atoms with Gasteiger partial charge in [0.2, 0.25) is 5.91 Å². The van der Waals surface area contributed by atoms with E-state index in [-0.39, 0.29) is 30.7 Å². The first-order valence-corrected chi connectivity index (χ1v) is 9.88. The first-order chi connectivity index (χ1) is 11.2. The normalized spacial score (nSPS) is 23.2. The van der Waals surface area contributed by atoms with Gasteiger partial charge in [-0.05, 0) is 83.5 Å². The van der Waals surface area contributed by atoms with Crippen LogP contribution in [0.5, 0.6) is 0 Å². The van der Waals surface area contributed by atoms with E-state index in [1.807, 2.05) is 0 Å². The molecule has 2 aliphatic heterocycles. The number of hydrogen-bond acceptors (Lipinski definition) is 3. The largest absolute Gasteiger partial charge is 0.356 e. The molecule has 25 heavy (non-hydrogen) atoms. The van der Waals surface area contributed by atoms with Crippen molar-refractivity contribution in [3.8, 4) is 0 Å². The smallest absolute Gasteiger partial charge is 0.220 e. The number of carbonyl (C=O) groups is 1. The van der Waals surface area contributed by atoms with E-state index in [2.05, 4.69) is 29.4 Å². The van der Waals surface area contributed by atoms with Crippen molar-refractivity contribution in [3.05, 3.63) is 0 Å². The van der Waals surface area contributed by atoms with Crippen LogP contribution in [-0.2, 0) is 4.79 Å². The average Bonchev–Trinajstić information content (AvgIpc) is 2.57. The summed E-state index contributed by atoms with van der Waals surface area (Å²) in [6.45, 7) is 10.1. The van der Waals surface area contributed by atoms with Gasteiger partial charge in [-0.15, -0.1) is 24.8 Å². The van der Waals surface area contributed by atoms with Gasteiger partial charge in [-0.2, -0.15) is 0 Å². The monoisotopic (exact) mass is 395 g/mol. The molecule has 150 valence electrons. The first kappa shape index (κ1) is 25.0. The second-order valence-electron chi connectivity index (χ2n) is 7.71. The van der Waals surface area contributed by atoms with Crippen LogP contribution in [0.25, 0.3) is 0 Å². The van der Waals surface area contributed by atoms with Gasteiger partial charge in [0.15, 0.2) is 0 Å². The summed E-state index contributed by atoms with van der Waals surface area (Å²) in [5, 5.41) is 6.53. The lowest BCUT2D eigenvalue weighted by Gasteiger charge is -2.33. The maximum atomic E-state index is 12.1. The highest BCUT2D eigenvalue weighted by Crippen LogP contribution is 2.24. The molecule has 2 aliphatic rings. The molecule has 0 aromatic heterocycles. The van der Waals surface area contributed by atoms with Gasteiger partial charge >= 0.3 is 0 Å². The van der Waals surface area contributed by atoms with Gasteiger partial charge in [-0.1, -0.05) is 13.3 Å². The maximum absolute atomic E-state index is 12.1. The van der Waals surface area contributed by atoms with E-state index in [0.717, 1.165) is 38.0 Å². The zero-order chi connectivity index (χ0) is 16.5. The van der Waals surface area contributed by atoms with Gasteiger partial charge in [-0.25, -0.2) is 0 Å². The van der Waals surface area contributed by atoms with Crippen LogP contribution in [0.3, 0.4) is 0 Å². The molecule has 0 aliphatic carbocycles. The van der Waals surface area contributed by atoms with E-state index in [4.69, 9.17) is 0 Å². The number of amides is 1. The van der Waals surface area contributed by atoms with E-state index in [1.54, 1.807) is 0 Å². The van der Waals surface area contributed by atoms with Crippen LogP contribution in [0.15, 0.2) is 0 Å². The van der Waals surface area contributed by atoms with Gasteiger partial charge < -0.3 is 15.5 Å². The van der Waals surface area contributed by atoms with Crippen molar-refractivity contribution >= 4 is 30.7 Å². The Morgan fingerprint density at radius 2 is 1.88 bits per heavy atom. The molecule has 0 radical (unpaired) electrons. The van der Waals surface area contributed by atoms with Crippen LogP contribution in [0.2, 0.25) is 0 Å². The Morgan fingerprint density at radius 1 is 1.16 bits per heavy atom. The van der Waals surface area contributed by atoms with Gasteiger partial charge in [0, 0.05) is 19.0 Å². The minimum Gasteiger partial charge on any atom is -0.356 e. The minimum absolute atomic E-state index is 0. The lowest BCUT2D eigenvalue weighted by Crippen LogP contribution is -2.38. The average molecular weight is 396 g/mol. The van der Waals surface area contributed by atoms with Gasteiger partial charge in [0.1, 0.15) is 0 Å². The van der Waals surface area contributed by atoms with Gasteiger partial charge in [0.05, 0.1) is 0 Å². The summed E-state index contributed by atoms with van der Waals surface area (Å²) < 4.78 is 0. The Kier molecular flexibility index (Phi) is 14.1. The molecule has 6 heteroatoms. The first-order valence-electron chi connectivity index (χ1n) is 9.88. The molecule has 2 atom stereocenters. The van der Waals surface area contributed by atoms with E-state index in [0.29, 0.717) is 12.3 Å². The molecule has 2 unspecified atom stereocenters. The van der Waals surface area contributed by atoms with E-state index in [9.17, 15) is 4.79 Å². The molecule has 0 spiro atoms. The molecule has 2 rings (SSSR count). The fourth-order valence-electron chi connectivity index (χ4n) is 4.10. The Bertz CT molecular complexity index is 352. The summed E-state index contributed by atoms with van der Waals surface area (Å²) in [6, 6.07) is 0.754. The number of hydrogen-bond donors (Lipinski definition) is 2.